The third-order valence-electron chi connectivity index (χ3n) is 6.68. The molecule has 6 heteroatoms. The molecule has 2 aromatic carbocycles. The summed E-state index contributed by atoms with van der Waals surface area (Å²) in [6, 6.07) is 13.7. The fourth-order valence-corrected chi connectivity index (χ4v) is 5.21. The lowest BCUT2D eigenvalue weighted by atomic mass is 10.1. The molecule has 0 bridgehead atoms. The Morgan fingerprint density at radius 3 is 2.37 bits per heavy atom. The minimum Gasteiger partial charge on any atom is -0.497 e. The Kier molecular flexibility index (Phi) is 13.2. The van der Waals surface area contributed by atoms with Crippen molar-refractivity contribution in [2.45, 2.75) is 91.0 Å². The minimum absolute atomic E-state index is 0.0601. The lowest BCUT2D eigenvalue weighted by molar-refractivity contribution is -0.683. The van der Waals surface area contributed by atoms with E-state index in [0.717, 1.165) is 41.3 Å². The Morgan fingerprint density at radius 1 is 0.947 bits per heavy atom. The zero-order chi connectivity index (χ0) is 27.0. The molecule has 1 heterocycles. The molecule has 38 heavy (non-hydrogen) atoms. The van der Waals surface area contributed by atoms with Gasteiger partial charge in [0, 0.05) is 22.9 Å². The fraction of sp³-hybridized carbons (Fsp3) is 0.500. The van der Waals surface area contributed by atoms with E-state index in [2.05, 4.69) is 41.5 Å². The maximum absolute atomic E-state index is 12.9. The number of rotatable bonds is 18. The summed E-state index contributed by atoms with van der Waals surface area (Å²) in [7, 11) is 1.65. The van der Waals surface area contributed by atoms with Gasteiger partial charge >= 0.3 is 0 Å². The highest BCUT2D eigenvalue weighted by atomic mass is 32.1. The number of hydrogen-bond acceptors (Lipinski definition) is 4. The van der Waals surface area contributed by atoms with Gasteiger partial charge in [0.15, 0.2) is 12.7 Å². The van der Waals surface area contributed by atoms with Gasteiger partial charge in [-0.15, -0.1) is 0 Å². The molecule has 1 N–H and O–H groups in total. The standard InChI is InChI=1S/C32H44N2O3S/c1-4-5-6-7-8-9-10-11-12-13-19-37-31-22-30(36-3)18-17-28(31)21-32(35)33-29-16-14-15-27(20-29)24-34-23-26(2)38-25-34/h14-18,20,22-23,25H,4-13,19,21,24H2,1-3H3/p+1. The van der Waals surface area contributed by atoms with Gasteiger partial charge in [-0.3, -0.25) is 4.79 Å². The molecular formula is C32H45N2O3S+. The third kappa shape index (κ3) is 10.9. The van der Waals surface area contributed by atoms with Gasteiger partial charge in [0.25, 0.3) is 0 Å². The highest BCUT2D eigenvalue weighted by Gasteiger charge is 2.12. The number of benzene rings is 2. The molecular weight excluding hydrogens is 492 g/mol. The first-order valence-electron chi connectivity index (χ1n) is 14.2. The van der Waals surface area contributed by atoms with E-state index in [1.807, 2.05) is 36.4 Å². The maximum atomic E-state index is 12.9. The van der Waals surface area contributed by atoms with E-state index in [9.17, 15) is 4.79 Å². The molecule has 3 rings (SSSR count). The summed E-state index contributed by atoms with van der Waals surface area (Å²) in [5.41, 5.74) is 4.94. The molecule has 0 radical (unpaired) electrons. The van der Waals surface area contributed by atoms with Crippen LogP contribution >= 0.6 is 11.3 Å². The summed E-state index contributed by atoms with van der Waals surface area (Å²) in [6.07, 6.45) is 15.3. The number of carbonyl (C=O) groups is 1. The van der Waals surface area contributed by atoms with Crippen molar-refractivity contribution in [3.63, 3.8) is 0 Å². The second kappa shape index (κ2) is 16.9. The number of anilines is 1. The molecule has 0 aliphatic carbocycles. The van der Waals surface area contributed by atoms with E-state index in [1.54, 1.807) is 18.4 Å². The first-order valence-corrected chi connectivity index (χ1v) is 15.1. The number of nitrogens with one attached hydrogen (secondary N) is 1. The normalized spacial score (nSPS) is 10.9. The quantitative estimate of drug-likeness (QED) is 0.133. The third-order valence-corrected chi connectivity index (χ3v) is 7.53. The van der Waals surface area contributed by atoms with Gasteiger partial charge in [-0.2, -0.15) is 4.57 Å². The van der Waals surface area contributed by atoms with E-state index in [4.69, 9.17) is 9.47 Å². The van der Waals surface area contributed by atoms with Crippen LogP contribution in [0.5, 0.6) is 11.5 Å². The van der Waals surface area contributed by atoms with Crippen molar-refractivity contribution in [3.8, 4) is 11.5 Å². The average molecular weight is 538 g/mol. The van der Waals surface area contributed by atoms with Crippen LogP contribution in [-0.2, 0) is 17.8 Å². The maximum Gasteiger partial charge on any atom is 0.228 e. The van der Waals surface area contributed by atoms with Crippen molar-refractivity contribution in [1.82, 2.24) is 0 Å². The number of unbranched alkanes of at least 4 members (excludes halogenated alkanes) is 9. The van der Waals surface area contributed by atoms with E-state index < -0.39 is 0 Å². The van der Waals surface area contributed by atoms with Gasteiger partial charge in [0.2, 0.25) is 11.4 Å². The summed E-state index contributed by atoms with van der Waals surface area (Å²) in [6.45, 7) is 5.80. The summed E-state index contributed by atoms with van der Waals surface area (Å²) in [5, 5.41) is 3.06. The predicted molar refractivity (Wildman–Crippen MR) is 157 cm³/mol. The summed E-state index contributed by atoms with van der Waals surface area (Å²) in [5.74, 6) is 1.41. The Balaban J connectivity index is 1.45. The van der Waals surface area contributed by atoms with Gasteiger partial charge in [0.05, 0.1) is 25.0 Å². The topological polar surface area (TPSA) is 51.4 Å². The largest absolute Gasteiger partial charge is 0.497 e. The molecule has 1 amide bonds. The summed E-state index contributed by atoms with van der Waals surface area (Å²) in [4.78, 5) is 14.2. The van der Waals surface area contributed by atoms with Gasteiger partial charge in [-0.25, -0.2) is 0 Å². The number of ether oxygens (including phenoxy) is 2. The van der Waals surface area contributed by atoms with Crippen LogP contribution in [0.25, 0.3) is 0 Å². The summed E-state index contributed by atoms with van der Waals surface area (Å²) < 4.78 is 13.7. The van der Waals surface area contributed by atoms with Crippen LogP contribution in [-0.4, -0.2) is 19.6 Å². The molecule has 5 nitrogen and oxygen atoms in total. The van der Waals surface area contributed by atoms with E-state index in [1.165, 1.54) is 62.7 Å². The number of carbonyl (C=O) groups excluding carboxylic acids is 1. The zero-order valence-electron chi connectivity index (χ0n) is 23.5. The van der Waals surface area contributed by atoms with E-state index in [0.29, 0.717) is 6.61 Å². The highest BCUT2D eigenvalue weighted by Crippen LogP contribution is 2.26. The predicted octanol–water partition coefficient (Wildman–Crippen LogP) is 7.88. The van der Waals surface area contributed by atoms with Crippen LogP contribution in [0.1, 0.15) is 87.1 Å². The van der Waals surface area contributed by atoms with Gasteiger partial charge in [-0.1, -0.05) is 94.2 Å². The van der Waals surface area contributed by atoms with Crippen molar-refractivity contribution in [2.24, 2.45) is 0 Å². The van der Waals surface area contributed by atoms with Crippen molar-refractivity contribution >= 4 is 22.9 Å². The number of methoxy groups -OCH3 is 1. The number of amides is 1. The first-order chi connectivity index (χ1) is 18.6. The molecule has 0 aliphatic rings. The van der Waals surface area contributed by atoms with E-state index in [-0.39, 0.29) is 12.3 Å². The van der Waals surface area contributed by atoms with Crippen LogP contribution in [0, 0.1) is 6.92 Å². The molecule has 1 aromatic heterocycles. The first kappa shape index (κ1) is 29.7. The molecule has 0 aliphatic heterocycles. The number of hydrogen-bond donors (Lipinski definition) is 1. The SMILES string of the molecule is CCCCCCCCCCCCOc1cc(OC)ccc1CC(=O)Nc1cccc(C[n+]2csc(C)c2)c1. The second-order valence-corrected chi connectivity index (χ2v) is 11.2. The second-order valence-electron chi connectivity index (χ2n) is 10.1. The number of aryl methyl sites for hydroxylation is 1. The fourth-order valence-electron chi connectivity index (χ4n) is 4.58. The monoisotopic (exact) mass is 537 g/mol. The zero-order valence-corrected chi connectivity index (χ0v) is 24.3. The average Bonchev–Trinajstić information content (AvgIpc) is 3.32. The number of nitrogens with zero attached hydrogens (tertiary/aromatic N) is 1. The molecule has 0 fully saturated rings. The van der Waals surface area contributed by atoms with Gasteiger partial charge in [-0.05, 0) is 31.5 Å². The Hall–Kier alpha value is -2.86. The molecule has 3 aromatic rings. The Morgan fingerprint density at radius 2 is 1.68 bits per heavy atom. The lowest BCUT2D eigenvalue weighted by Crippen LogP contribution is -2.30. The van der Waals surface area contributed by atoms with Crippen molar-refractivity contribution in [3.05, 3.63) is 70.2 Å². The Labute approximate surface area is 233 Å². The smallest absolute Gasteiger partial charge is 0.228 e. The van der Waals surface area contributed by atoms with Crippen molar-refractivity contribution in [1.29, 1.82) is 0 Å². The number of thiazole rings is 1. The Bertz CT molecular complexity index is 1110. The minimum atomic E-state index is -0.0601. The molecule has 0 spiro atoms. The van der Waals surface area contributed by atoms with E-state index >= 15 is 0 Å². The molecule has 0 atom stereocenters. The lowest BCUT2D eigenvalue weighted by Gasteiger charge is -2.13. The highest BCUT2D eigenvalue weighted by molar-refractivity contribution is 7.09. The molecule has 0 saturated carbocycles. The van der Waals surface area contributed by atoms with Gasteiger partial charge in [0.1, 0.15) is 11.5 Å². The van der Waals surface area contributed by atoms with Crippen molar-refractivity contribution < 1.29 is 18.8 Å². The van der Waals surface area contributed by atoms with Crippen molar-refractivity contribution in [2.75, 3.05) is 19.0 Å². The van der Waals surface area contributed by atoms with Crippen LogP contribution in [0.3, 0.4) is 0 Å². The molecule has 0 saturated heterocycles. The van der Waals surface area contributed by atoms with Crippen LogP contribution in [0.15, 0.2) is 54.2 Å². The summed E-state index contributed by atoms with van der Waals surface area (Å²) >= 11 is 1.73. The van der Waals surface area contributed by atoms with Crippen LogP contribution in [0.2, 0.25) is 0 Å². The molecule has 0 unspecified atom stereocenters. The molecule has 206 valence electrons. The number of aromatic nitrogens is 1. The van der Waals surface area contributed by atoms with Gasteiger partial charge < -0.3 is 14.8 Å². The van der Waals surface area contributed by atoms with Crippen LogP contribution < -0.4 is 19.4 Å². The van der Waals surface area contributed by atoms with Crippen LogP contribution in [0.4, 0.5) is 5.69 Å².